The summed E-state index contributed by atoms with van der Waals surface area (Å²) in [6.07, 6.45) is 3.70. The quantitative estimate of drug-likeness (QED) is 0.494. The van der Waals surface area contributed by atoms with Crippen molar-refractivity contribution in [3.8, 4) is 11.4 Å². The maximum absolute atomic E-state index is 12.8. The number of alkyl halides is 2. The van der Waals surface area contributed by atoms with E-state index in [9.17, 15) is 9.59 Å². The molecule has 170 valence electrons. The molecule has 0 saturated heterocycles. The van der Waals surface area contributed by atoms with Gasteiger partial charge in [0.1, 0.15) is 16.5 Å². The molecule has 0 aromatic carbocycles. The van der Waals surface area contributed by atoms with Gasteiger partial charge in [-0.05, 0) is 53.9 Å². The normalized spacial score (nSPS) is 12.5. The van der Waals surface area contributed by atoms with Crippen molar-refractivity contribution in [2.75, 3.05) is 5.32 Å². The number of amides is 2. The second kappa shape index (κ2) is 10.8. The van der Waals surface area contributed by atoms with Crippen molar-refractivity contribution < 1.29 is 14.3 Å². The Kier molecular flexibility index (Phi) is 8.64. The number of carbonyl (C=O) groups excluding carboxylic acids is 2. The number of nitrogens with zero attached hydrogens (tertiary/aromatic N) is 3. The van der Waals surface area contributed by atoms with Crippen LogP contribution in [0.2, 0.25) is 0 Å². The van der Waals surface area contributed by atoms with Crippen molar-refractivity contribution in [2.45, 2.75) is 70.4 Å². The van der Waals surface area contributed by atoms with E-state index >= 15 is 0 Å². The molecule has 0 spiro atoms. The lowest BCUT2D eigenvalue weighted by atomic mass is 10.1. The Morgan fingerprint density at radius 3 is 2.32 bits per heavy atom. The molecule has 0 bridgehead atoms. The van der Waals surface area contributed by atoms with Gasteiger partial charge in [0.05, 0.1) is 29.3 Å². The Morgan fingerprint density at radius 2 is 1.81 bits per heavy atom. The Morgan fingerprint density at radius 1 is 1.16 bits per heavy atom. The molecule has 0 aliphatic rings. The molecule has 3 N–H and O–H groups in total. The third-order valence-electron chi connectivity index (χ3n) is 4.19. The molecule has 2 aromatic heterocycles. The molecule has 0 aliphatic heterocycles. The number of rotatable bonds is 8. The maximum Gasteiger partial charge on any atom is 0.408 e. The third-order valence-corrected chi connectivity index (χ3v) is 4.63. The number of ether oxygens (including phenoxy) is 1. The zero-order chi connectivity index (χ0) is 23.2. The molecule has 31 heavy (non-hydrogen) atoms. The number of hydrogen-bond acceptors (Lipinski definition) is 6. The minimum absolute atomic E-state index is 0.341. The highest BCUT2D eigenvalue weighted by Crippen LogP contribution is 2.22. The second-order valence-corrected chi connectivity index (χ2v) is 9.39. The van der Waals surface area contributed by atoms with Crippen molar-refractivity contribution in [2.24, 2.45) is 0 Å². The Balaban J connectivity index is 2.07. The van der Waals surface area contributed by atoms with Gasteiger partial charge in [0.2, 0.25) is 5.91 Å². The van der Waals surface area contributed by atoms with Gasteiger partial charge in [-0.2, -0.15) is 5.10 Å². The van der Waals surface area contributed by atoms with Gasteiger partial charge in [0.15, 0.2) is 5.82 Å². The first-order chi connectivity index (χ1) is 14.5. The summed E-state index contributed by atoms with van der Waals surface area (Å²) in [6, 6.07) is -0.833. The zero-order valence-corrected chi connectivity index (χ0v) is 19.8. The molecule has 9 nitrogen and oxygen atoms in total. The second-order valence-electron chi connectivity index (χ2n) is 8.11. The van der Waals surface area contributed by atoms with E-state index in [1.54, 1.807) is 20.8 Å². The van der Waals surface area contributed by atoms with E-state index in [1.807, 2.05) is 13.8 Å². The number of H-pyrrole nitrogens is 1. The highest BCUT2D eigenvalue weighted by Gasteiger charge is 2.25. The van der Waals surface area contributed by atoms with E-state index < -0.39 is 28.5 Å². The predicted molar refractivity (Wildman–Crippen MR) is 120 cm³/mol. The topological polar surface area (TPSA) is 122 Å². The molecule has 0 fully saturated rings. The summed E-state index contributed by atoms with van der Waals surface area (Å²) in [7, 11) is 0. The van der Waals surface area contributed by atoms with Crippen molar-refractivity contribution in [3.63, 3.8) is 0 Å². The average Bonchev–Trinajstić information content (AvgIpc) is 2.98. The number of anilines is 1. The van der Waals surface area contributed by atoms with Crippen LogP contribution in [0.5, 0.6) is 0 Å². The first-order valence-corrected chi connectivity index (χ1v) is 10.8. The minimum atomic E-state index is -0.833. The van der Waals surface area contributed by atoms with Crippen LogP contribution in [0.15, 0.2) is 12.4 Å². The summed E-state index contributed by atoms with van der Waals surface area (Å²) < 4.78 is 5.26. The first-order valence-electron chi connectivity index (χ1n) is 9.88. The minimum Gasteiger partial charge on any atom is -0.444 e. The van der Waals surface area contributed by atoms with Crippen molar-refractivity contribution in [1.82, 2.24) is 25.5 Å². The van der Waals surface area contributed by atoms with Crippen molar-refractivity contribution >= 4 is 40.9 Å². The summed E-state index contributed by atoms with van der Waals surface area (Å²) >= 11 is 11.5. The van der Waals surface area contributed by atoms with Gasteiger partial charge in [-0.25, -0.2) is 14.8 Å². The number of alkyl carbamates (subject to hydrolysis) is 1. The van der Waals surface area contributed by atoms with E-state index in [1.165, 1.54) is 12.4 Å². The van der Waals surface area contributed by atoms with Gasteiger partial charge in [-0.15, -0.1) is 23.2 Å². The number of carbonyl (C=O) groups is 2. The van der Waals surface area contributed by atoms with Gasteiger partial charge in [-0.3, -0.25) is 9.89 Å². The monoisotopic (exact) mass is 470 g/mol. The number of aromatic amines is 1. The molecule has 2 aromatic rings. The zero-order valence-electron chi connectivity index (χ0n) is 18.3. The van der Waals surface area contributed by atoms with Crippen LogP contribution in [-0.4, -0.2) is 48.6 Å². The van der Waals surface area contributed by atoms with Crippen LogP contribution in [-0.2, 0) is 9.53 Å². The van der Waals surface area contributed by atoms with Crippen LogP contribution in [0, 0.1) is 13.8 Å². The molecule has 0 saturated carbocycles. The highest BCUT2D eigenvalue weighted by atomic mass is 35.5. The van der Waals surface area contributed by atoms with Gasteiger partial charge in [0.25, 0.3) is 0 Å². The molecule has 2 amide bonds. The van der Waals surface area contributed by atoms with E-state index in [2.05, 4.69) is 30.8 Å². The molecule has 2 rings (SSSR count). The average molecular weight is 471 g/mol. The number of halogens is 2. The molecular weight excluding hydrogens is 443 g/mol. The van der Waals surface area contributed by atoms with Crippen LogP contribution in [0.4, 0.5) is 10.5 Å². The van der Waals surface area contributed by atoms with Crippen molar-refractivity contribution in [3.05, 3.63) is 23.8 Å². The van der Waals surface area contributed by atoms with Gasteiger partial charge in [-0.1, -0.05) is 0 Å². The molecule has 0 aliphatic carbocycles. The number of aromatic nitrogens is 4. The fraction of sp³-hybridized carbons (Fsp3) is 0.550. The summed E-state index contributed by atoms with van der Waals surface area (Å²) in [6.45, 7) is 8.98. The molecule has 0 radical (unpaired) electrons. The maximum atomic E-state index is 12.8. The summed E-state index contributed by atoms with van der Waals surface area (Å²) in [4.78, 5) is 33.1. The van der Waals surface area contributed by atoms with E-state index in [4.69, 9.17) is 27.9 Å². The molecule has 2 heterocycles. The Hall–Kier alpha value is -2.39. The molecule has 1 atom stereocenters. The number of aryl methyl sites for hydroxylation is 2. The van der Waals surface area contributed by atoms with Crippen LogP contribution in [0.25, 0.3) is 11.4 Å². The van der Waals surface area contributed by atoms with E-state index in [0.29, 0.717) is 30.8 Å². The standard InChI is InChI=1S/C20H28Cl2N6O3/c1-11-16(12(2)28-27-11)17-23-9-13(10-24-17)25-18(29)14(7-6-8-15(21)22)26-19(30)31-20(3,4)5/h9-10,14-15H,6-8H2,1-5H3,(H,25,29)(H,26,30)(H,27,28)/t14-/m0/s1. The lowest BCUT2D eigenvalue weighted by molar-refractivity contribution is -0.118. The predicted octanol–water partition coefficient (Wildman–Crippen LogP) is 4.29. The van der Waals surface area contributed by atoms with Gasteiger partial charge in [0, 0.05) is 5.69 Å². The van der Waals surface area contributed by atoms with E-state index in [0.717, 1.165) is 17.0 Å². The largest absolute Gasteiger partial charge is 0.444 e. The van der Waals surface area contributed by atoms with Gasteiger partial charge >= 0.3 is 6.09 Å². The third kappa shape index (κ3) is 7.99. The fourth-order valence-electron chi connectivity index (χ4n) is 2.83. The Bertz CT molecular complexity index is 874. The Labute approximate surface area is 191 Å². The van der Waals surface area contributed by atoms with Crippen LogP contribution < -0.4 is 10.6 Å². The molecule has 0 unspecified atom stereocenters. The van der Waals surface area contributed by atoms with E-state index in [-0.39, 0.29) is 0 Å². The lowest BCUT2D eigenvalue weighted by Gasteiger charge is -2.23. The smallest absolute Gasteiger partial charge is 0.408 e. The summed E-state index contributed by atoms with van der Waals surface area (Å²) in [5.41, 5.74) is 2.17. The SMILES string of the molecule is Cc1n[nH]c(C)c1-c1ncc(NC(=O)[C@H](CCCC(Cl)Cl)NC(=O)OC(C)(C)C)cn1. The molecule has 11 heteroatoms. The first kappa shape index (κ1) is 24.9. The molecular formula is C20H28Cl2N6O3. The van der Waals surface area contributed by atoms with Gasteiger partial charge < -0.3 is 15.4 Å². The number of hydrogen-bond donors (Lipinski definition) is 3. The summed E-state index contributed by atoms with van der Waals surface area (Å²) in [5.74, 6) is 0.0824. The fourth-order valence-corrected chi connectivity index (χ4v) is 3.13. The van der Waals surface area contributed by atoms with Crippen molar-refractivity contribution in [1.29, 1.82) is 0 Å². The lowest BCUT2D eigenvalue weighted by Crippen LogP contribution is -2.45. The van der Waals surface area contributed by atoms with Crippen LogP contribution in [0.3, 0.4) is 0 Å². The van der Waals surface area contributed by atoms with Crippen LogP contribution in [0.1, 0.15) is 51.4 Å². The summed E-state index contributed by atoms with van der Waals surface area (Å²) in [5, 5.41) is 12.4. The van der Waals surface area contributed by atoms with Crippen LogP contribution >= 0.6 is 23.2 Å². The highest BCUT2D eigenvalue weighted by molar-refractivity contribution is 6.44. The number of nitrogens with one attached hydrogen (secondary N) is 3.